The van der Waals surface area contributed by atoms with Crippen LogP contribution in [0.1, 0.15) is 32.1 Å². The van der Waals surface area contributed by atoms with Crippen molar-refractivity contribution in [2.45, 2.75) is 37.6 Å². The quantitative estimate of drug-likeness (QED) is 0.795. The Hall–Kier alpha value is -0.710. The zero-order chi connectivity index (χ0) is 11.6. The zero-order valence-electron chi connectivity index (χ0n) is 9.28. The second-order valence-corrected chi connectivity index (χ2v) is 5.68. The van der Waals surface area contributed by atoms with Crippen molar-refractivity contribution in [1.82, 2.24) is 4.90 Å². The number of hydrogen-bond acceptors (Lipinski definition) is 3. The summed E-state index contributed by atoms with van der Waals surface area (Å²) in [5.74, 6) is 0.898. The molecule has 2 heterocycles. The fourth-order valence-electron chi connectivity index (χ4n) is 2.57. The number of thioether (sulfide) groups is 1. The van der Waals surface area contributed by atoms with Gasteiger partial charge in [0.15, 0.2) is 0 Å². The molecular formula is C11H17NO3S. The lowest BCUT2D eigenvalue weighted by atomic mass is 9.88. The van der Waals surface area contributed by atoms with E-state index in [2.05, 4.69) is 0 Å². The lowest BCUT2D eigenvalue weighted by molar-refractivity contribution is -0.161. The van der Waals surface area contributed by atoms with Gasteiger partial charge >= 0.3 is 5.97 Å². The van der Waals surface area contributed by atoms with Crippen molar-refractivity contribution in [1.29, 1.82) is 0 Å². The monoisotopic (exact) mass is 243 g/mol. The smallest absolute Gasteiger partial charge is 0.329 e. The highest BCUT2D eigenvalue weighted by Crippen LogP contribution is 2.35. The van der Waals surface area contributed by atoms with Gasteiger partial charge in [0.25, 0.3) is 0 Å². The number of nitrogens with zero attached hydrogens (tertiary/aromatic N) is 1. The van der Waals surface area contributed by atoms with E-state index in [1.165, 1.54) is 0 Å². The molecular weight excluding hydrogens is 226 g/mol. The van der Waals surface area contributed by atoms with Crippen LogP contribution < -0.4 is 0 Å². The highest BCUT2D eigenvalue weighted by molar-refractivity contribution is 7.99. The average molecular weight is 243 g/mol. The first kappa shape index (κ1) is 11.8. The van der Waals surface area contributed by atoms with Gasteiger partial charge in [-0.15, -0.1) is 0 Å². The van der Waals surface area contributed by atoms with E-state index in [1.54, 1.807) is 16.7 Å². The Kier molecular flexibility index (Phi) is 3.42. The molecule has 4 nitrogen and oxygen atoms in total. The summed E-state index contributed by atoms with van der Waals surface area (Å²) >= 11 is 1.78. The van der Waals surface area contributed by atoms with Crippen LogP contribution in [-0.4, -0.2) is 45.5 Å². The summed E-state index contributed by atoms with van der Waals surface area (Å²) in [6, 6.07) is 0. The number of carboxylic acid groups (broad SMARTS) is 1. The first-order valence-electron chi connectivity index (χ1n) is 5.78. The van der Waals surface area contributed by atoms with Gasteiger partial charge < -0.3 is 10.0 Å². The van der Waals surface area contributed by atoms with Gasteiger partial charge in [-0.05, 0) is 37.2 Å². The maximum Gasteiger partial charge on any atom is 0.329 e. The standard InChI is InChI=1S/C11H17NO3S/c13-9-3-1-2-6-12(9)11(10(14)15)4-7-16-8-5-11/h1-8H2,(H,14,15). The highest BCUT2D eigenvalue weighted by atomic mass is 32.2. The number of rotatable bonds is 2. The number of likely N-dealkylation sites (tertiary alicyclic amines) is 1. The van der Waals surface area contributed by atoms with Gasteiger partial charge in [-0.25, -0.2) is 4.79 Å². The Morgan fingerprint density at radius 2 is 2.00 bits per heavy atom. The van der Waals surface area contributed by atoms with Crippen LogP contribution in [0.25, 0.3) is 0 Å². The van der Waals surface area contributed by atoms with Crippen molar-refractivity contribution in [3.05, 3.63) is 0 Å². The third-order valence-electron chi connectivity index (χ3n) is 3.56. The molecule has 2 fully saturated rings. The summed E-state index contributed by atoms with van der Waals surface area (Å²) in [7, 11) is 0. The number of aliphatic carboxylic acids is 1. The van der Waals surface area contributed by atoms with E-state index in [0.717, 1.165) is 24.3 Å². The lowest BCUT2D eigenvalue weighted by Gasteiger charge is -2.44. The summed E-state index contributed by atoms with van der Waals surface area (Å²) in [5.41, 5.74) is -0.900. The maximum atomic E-state index is 11.9. The highest BCUT2D eigenvalue weighted by Gasteiger charge is 2.47. The van der Waals surface area contributed by atoms with E-state index in [1.807, 2.05) is 0 Å². The van der Waals surface area contributed by atoms with Crippen LogP contribution in [0.15, 0.2) is 0 Å². The first-order valence-corrected chi connectivity index (χ1v) is 6.94. The number of carbonyl (C=O) groups excluding carboxylic acids is 1. The third-order valence-corrected chi connectivity index (χ3v) is 4.54. The maximum absolute atomic E-state index is 11.9. The van der Waals surface area contributed by atoms with Crippen molar-refractivity contribution < 1.29 is 14.7 Å². The largest absolute Gasteiger partial charge is 0.479 e. The number of piperidine rings is 1. The van der Waals surface area contributed by atoms with E-state index in [0.29, 0.717) is 25.8 Å². The molecule has 2 aliphatic heterocycles. The van der Waals surface area contributed by atoms with E-state index in [9.17, 15) is 14.7 Å². The summed E-state index contributed by atoms with van der Waals surface area (Å²) in [6.07, 6.45) is 3.55. The SMILES string of the molecule is O=C1CCCCN1C1(C(=O)O)CCSCC1. The molecule has 90 valence electrons. The molecule has 2 saturated heterocycles. The van der Waals surface area contributed by atoms with Crippen molar-refractivity contribution in [2.75, 3.05) is 18.1 Å². The molecule has 0 aromatic heterocycles. The molecule has 1 N–H and O–H groups in total. The minimum atomic E-state index is -0.900. The van der Waals surface area contributed by atoms with Crippen LogP contribution in [0.5, 0.6) is 0 Å². The molecule has 2 rings (SSSR count). The molecule has 16 heavy (non-hydrogen) atoms. The number of hydrogen-bond donors (Lipinski definition) is 1. The molecule has 0 atom stereocenters. The number of carboxylic acids is 1. The van der Waals surface area contributed by atoms with E-state index >= 15 is 0 Å². The predicted octanol–water partition coefficient (Wildman–Crippen LogP) is 1.35. The molecule has 5 heteroatoms. The Balaban J connectivity index is 2.23. The topological polar surface area (TPSA) is 57.6 Å². The van der Waals surface area contributed by atoms with Crippen LogP contribution in [-0.2, 0) is 9.59 Å². The molecule has 0 saturated carbocycles. The van der Waals surface area contributed by atoms with E-state index in [-0.39, 0.29) is 5.91 Å². The van der Waals surface area contributed by atoms with Gasteiger partial charge in [-0.3, -0.25) is 4.79 Å². The zero-order valence-corrected chi connectivity index (χ0v) is 10.1. The molecule has 0 radical (unpaired) electrons. The van der Waals surface area contributed by atoms with Gasteiger partial charge in [-0.1, -0.05) is 0 Å². The molecule has 0 spiro atoms. The van der Waals surface area contributed by atoms with Gasteiger partial charge in [0.1, 0.15) is 5.54 Å². The van der Waals surface area contributed by atoms with E-state index in [4.69, 9.17) is 0 Å². The van der Waals surface area contributed by atoms with Gasteiger partial charge in [0.2, 0.25) is 5.91 Å². The molecule has 1 amide bonds. The summed E-state index contributed by atoms with van der Waals surface area (Å²) in [5, 5.41) is 9.46. The average Bonchev–Trinajstić information content (AvgIpc) is 2.30. The third kappa shape index (κ3) is 1.93. The first-order chi connectivity index (χ1) is 7.67. The molecule has 0 aliphatic carbocycles. The second-order valence-electron chi connectivity index (χ2n) is 4.45. The molecule has 0 unspecified atom stereocenters. The molecule has 0 aromatic rings. The Labute approximate surface area is 99.4 Å². The van der Waals surface area contributed by atoms with Crippen LogP contribution in [0, 0.1) is 0 Å². The lowest BCUT2D eigenvalue weighted by Crippen LogP contribution is -2.60. The fourth-order valence-corrected chi connectivity index (χ4v) is 3.74. The van der Waals surface area contributed by atoms with Crippen molar-refractivity contribution in [3.63, 3.8) is 0 Å². The fraction of sp³-hybridized carbons (Fsp3) is 0.818. The second kappa shape index (κ2) is 4.65. The Morgan fingerprint density at radius 1 is 1.31 bits per heavy atom. The normalized spacial score (nSPS) is 25.5. The number of amides is 1. The van der Waals surface area contributed by atoms with E-state index < -0.39 is 11.5 Å². The predicted molar refractivity (Wildman–Crippen MR) is 62.5 cm³/mol. The van der Waals surface area contributed by atoms with Crippen molar-refractivity contribution >= 4 is 23.6 Å². The summed E-state index contributed by atoms with van der Waals surface area (Å²) < 4.78 is 0. The summed E-state index contributed by atoms with van der Waals surface area (Å²) in [6.45, 7) is 0.621. The van der Waals surface area contributed by atoms with Gasteiger partial charge in [0.05, 0.1) is 0 Å². The van der Waals surface area contributed by atoms with Gasteiger partial charge in [0, 0.05) is 13.0 Å². The number of carbonyl (C=O) groups is 2. The Bertz CT molecular complexity index is 298. The molecule has 0 bridgehead atoms. The van der Waals surface area contributed by atoms with Gasteiger partial charge in [-0.2, -0.15) is 11.8 Å². The molecule has 2 aliphatic rings. The molecule has 0 aromatic carbocycles. The van der Waals surface area contributed by atoms with Crippen molar-refractivity contribution in [3.8, 4) is 0 Å². The minimum Gasteiger partial charge on any atom is -0.479 e. The summed E-state index contributed by atoms with van der Waals surface area (Å²) in [4.78, 5) is 25.0. The Morgan fingerprint density at radius 3 is 2.56 bits per heavy atom. The van der Waals surface area contributed by atoms with Crippen LogP contribution >= 0.6 is 11.8 Å². The van der Waals surface area contributed by atoms with Crippen LogP contribution in [0.3, 0.4) is 0 Å². The minimum absolute atomic E-state index is 0.0283. The van der Waals surface area contributed by atoms with Crippen LogP contribution in [0.4, 0.5) is 0 Å². The van der Waals surface area contributed by atoms with Crippen molar-refractivity contribution in [2.24, 2.45) is 0 Å². The van der Waals surface area contributed by atoms with Crippen LogP contribution in [0.2, 0.25) is 0 Å².